The molecule has 2 saturated heterocycles. The van der Waals surface area contributed by atoms with E-state index in [9.17, 15) is 4.79 Å². The highest BCUT2D eigenvalue weighted by Crippen LogP contribution is 2.49. The first-order valence-corrected chi connectivity index (χ1v) is 15.6. The molecule has 3 aromatic carbocycles. The molecule has 4 unspecified atom stereocenters. The van der Waals surface area contributed by atoms with Gasteiger partial charge in [0.25, 0.3) is 0 Å². The van der Waals surface area contributed by atoms with E-state index in [1.54, 1.807) is 0 Å². The SMILES string of the molecule is CC(C)(C)OC(=O)N1C2CC2CC1C1N=C(c2ccc(-c3ccc4cc(B5OC(C)(C)C(C)(C)O5)ccc4c3)cc2)CN1. The first kappa shape index (κ1) is 28.6. The van der Waals surface area contributed by atoms with Gasteiger partial charge >= 0.3 is 13.2 Å². The highest BCUT2D eigenvalue weighted by atomic mass is 16.7. The summed E-state index contributed by atoms with van der Waals surface area (Å²) in [6, 6.07) is 22.0. The number of hydrogen-bond acceptors (Lipinski definition) is 6. The van der Waals surface area contributed by atoms with Gasteiger partial charge in [0.2, 0.25) is 0 Å². The monoisotopic (exact) mass is 579 g/mol. The average molecular weight is 580 g/mol. The maximum absolute atomic E-state index is 13.0. The summed E-state index contributed by atoms with van der Waals surface area (Å²) in [5.74, 6) is 0.579. The molecule has 0 spiro atoms. The molecule has 1 N–H and O–H groups in total. The third-order valence-electron chi connectivity index (χ3n) is 9.83. The Kier molecular flexibility index (Phi) is 6.58. The number of likely N-dealkylation sites (tertiary alicyclic amines) is 1. The molecule has 7 nitrogen and oxygen atoms in total. The second-order valence-corrected chi connectivity index (χ2v) is 14.6. The molecule has 43 heavy (non-hydrogen) atoms. The lowest BCUT2D eigenvalue weighted by Crippen LogP contribution is -2.49. The number of hydrogen-bond donors (Lipinski definition) is 1. The average Bonchev–Trinajstić information content (AvgIpc) is 3.27. The minimum absolute atomic E-state index is 0.0401. The summed E-state index contributed by atoms with van der Waals surface area (Å²) in [6.07, 6.45) is 1.75. The van der Waals surface area contributed by atoms with Crippen LogP contribution in [-0.4, -0.2) is 65.4 Å². The third-order valence-corrected chi connectivity index (χ3v) is 9.83. The Morgan fingerprint density at radius 2 is 1.49 bits per heavy atom. The zero-order valence-electron chi connectivity index (χ0n) is 26.3. The lowest BCUT2D eigenvalue weighted by molar-refractivity contribution is 0.00578. The normalized spacial score (nSPS) is 27.4. The zero-order valence-corrected chi connectivity index (χ0v) is 26.3. The van der Waals surface area contributed by atoms with Gasteiger partial charge in [0.05, 0.1) is 23.0 Å². The van der Waals surface area contributed by atoms with E-state index in [1.807, 2.05) is 25.7 Å². The number of aliphatic imine (C=N–C) groups is 1. The standard InChI is InChI=1S/C35H42BN3O4/c1-33(2,3)41-32(40)39-29-18-26(29)19-30(39)31-37-20-28(38-31)22-10-8-21(9-11-22)23-12-13-25-17-27(15-14-24(25)16-23)36-42-34(4,5)35(6,7)43-36/h8-17,26,29-31,37H,18-20H2,1-7H3. The summed E-state index contributed by atoms with van der Waals surface area (Å²) >= 11 is 0. The highest BCUT2D eigenvalue weighted by molar-refractivity contribution is 6.62. The molecule has 3 aromatic rings. The van der Waals surface area contributed by atoms with Crippen LogP contribution in [0.2, 0.25) is 0 Å². The van der Waals surface area contributed by atoms with Gasteiger partial charge in [-0.1, -0.05) is 54.6 Å². The summed E-state index contributed by atoms with van der Waals surface area (Å²) in [5, 5.41) is 5.91. The molecule has 1 amide bonds. The number of amides is 1. The van der Waals surface area contributed by atoms with Crippen molar-refractivity contribution < 1.29 is 18.8 Å². The molecule has 4 aliphatic rings. The fraction of sp³-hybridized carbons (Fsp3) is 0.486. The lowest BCUT2D eigenvalue weighted by Gasteiger charge is -2.32. The van der Waals surface area contributed by atoms with Crippen molar-refractivity contribution in [3.8, 4) is 11.1 Å². The van der Waals surface area contributed by atoms with E-state index in [1.165, 1.54) is 10.9 Å². The molecule has 224 valence electrons. The van der Waals surface area contributed by atoms with Crippen molar-refractivity contribution in [3.05, 3.63) is 66.2 Å². The van der Waals surface area contributed by atoms with E-state index in [0.717, 1.165) is 40.5 Å². The summed E-state index contributed by atoms with van der Waals surface area (Å²) in [6.45, 7) is 14.8. The smallest absolute Gasteiger partial charge is 0.444 e. The van der Waals surface area contributed by atoms with E-state index < -0.39 is 5.60 Å². The Bertz CT molecular complexity index is 1590. The van der Waals surface area contributed by atoms with Gasteiger partial charge in [-0.25, -0.2) is 4.79 Å². The number of fused-ring (bicyclic) bond motifs is 2. The third kappa shape index (κ3) is 5.28. The number of ether oxygens (including phenoxy) is 1. The summed E-state index contributed by atoms with van der Waals surface area (Å²) in [4.78, 5) is 20.0. The quantitative estimate of drug-likeness (QED) is 0.389. The number of nitrogens with zero attached hydrogens (tertiary/aromatic N) is 2. The second-order valence-electron chi connectivity index (χ2n) is 14.6. The molecule has 3 aliphatic heterocycles. The highest BCUT2D eigenvalue weighted by Gasteiger charge is 2.57. The van der Waals surface area contributed by atoms with Gasteiger partial charge in [0.15, 0.2) is 0 Å². The number of rotatable bonds is 4. The minimum Gasteiger partial charge on any atom is -0.444 e. The summed E-state index contributed by atoms with van der Waals surface area (Å²) in [7, 11) is -0.367. The molecule has 3 heterocycles. The molecule has 1 aliphatic carbocycles. The topological polar surface area (TPSA) is 72.4 Å². The lowest BCUT2D eigenvalue weighted by atomic mass is 9.78. The second kappa shape index (κ2) is 9.91. The number of carbonyl (C=O) groups excluding carboxylic acids is 1. The van der Waals surface area contributed by atoms with Crippen molar-refractivity contribution in [3.63, 3.8) is 0 Å². The molecule has 0 radical (unpaired) electrons. The van der Waals surface area contributed by atoms with E-state index >= 15 is 0 Å². The summed E-state index contributed by atoms with van der Waals surface area (Å²) < 4.78 is 18.3. The van der Waals surface area contributed by atoms with Crippen molar-refractivity contribution in [1.82, 2.24) is 10.2 Å². The number of nitrogens with one attached hydrogen (secondary N) is 1. The van der Waals surface area contributed by atoms with Crippen LogP contribution in [0.25, 0.3) is 21.9 Å². The predicted molar refractivity (Wildman–Crippen MR) is 172 cm³/mol. The van der Waals surface area contributed by atoms with Gasteiger partial charge in [-0.2, -0.15) is 0 Å². The molecular formula is C35H42BN3O4. The Labute approximate surface area is 255 Å². The van der Waals surface area contributed by atoms with Gasteiger partial charge < -0.3 is 14.0 Å². The van der Waals surface area contributed by atoms with Crippen molar-refractivity contribution >= 4 is 35.2 Å². The number of benzene rings is 3. The molecule has 0 aromatic heterocycles. The van der Waals surface area contributed by atoms with Gasteiger partial charge in [0.1, 0.15) is 11.8 Å². The van der Waals surface area contributed by atoms with E-state index in [0.29, 0.717) is 18.5 Å². The van der Waals surface area contributed by atoms with Crippen LogP contribution >= 0.6 is 0 Å². The molecule has 4 atom stereocenters. The van der Waals surface area contributed by atoms with Gasteiger partial charge in [-0.3, -0.25) is 15.2 Å². The molecule has 1 saturated carbocycles. The molecular weight excluding hydrogens is 537 g/mol. The van der Waals surface area contributed by atoms with Crippen LogP contribution in [0.4, 0.5) is 4.79 Å². The van der Waals surface area contributed by atoms with Crippen LogP contribution in [0.5, 0.6) is 0 Å². The molecule has 7 rings (SSSR count). The molecule has 8 heteroatoms. The van der Waals surface area contributed by atoms with Crippen molar-refractivity contribution in [2.24, 2.45) is 10.9 Å². The van der Waals surface area contributed by atoms with E-state index in [-0.39, 0.29) is 36.6 Å². The summed E-state index contributed by atoms with van der Waals surface area (Å²) in [5.41, 5.74) is 4.29. The van der Waals surface area contributed by atoms with Crippen molar-refractivity contribution in [1.29, 1.82) is 0 Å². The van der Waals surface area contributed by atoms with Crippen LogP contribution < -0.4 is 10.8 Å². The van der Waals surface area contributed by atoms with Crippen LogP contribution in [-0.2, 0) is 14.0 Å². The van der Waals surface area contributed by atoms with Gasteiger partial charge in [0, 0.05) is 12.6 Å². The zero-order chi connectivity index (χ0) is 30.3. The Balaban J connectivity index is 1.05. The van der Waals surface area contributed by atoms with Crippen LogP contribution in [0, 0.1) is 5.92 Å². The maximum atomic E-state index is 13.0. The first-order chi connectivity index (χ1) is 20.3. The Morgan fingerprint density at radius 3 is 2.19 bits per heavy atom. The Hall–Kier alpha value is -3.20. The van der Waals surface area contributed by atoms with Gasteiger partial charge in [-0.05, 0) is 106 Å². The van der Waals surface area contributed by atoms with Crippen LogP contribution in [0.15, 0.2) is 65.7 Å². The number of carbonyl (C=O) groups is 1. The van der Waals surface area contributed by atoms with E-state index in [2.05, 4.69) is 93.7 Å². The predicted octanol–water partition coefficient (Wildman–Crippen LogP) is 5.92. The first-order valence-electron chi connectivity index (χ1n) is 15.6. The molecule has 0 bridgehead atoms. The fourth-order valence-corrected chi connectivity index (χ4v) is 6.65. The van der Waals surface area contributed by atoms with E-state index in [4.69, 9.17) is 19.0 Å². The largest absolute Gasteiger partial charge is 0.494 e. The van der Waals surface area contributed by atoms with Crippen molar-refractivity contribution in [2.75, 3.05) is 6.54 Å². The van der Waals surface area contributed by atoms with Crippen LogP contribution in [0.3, 0.4) is 0 Å². The maximum Gasteiger partial charge on any atom is 0.494 e. The van der Waals surface area contributed by atoms with Crippen LogP contribution in [0.1, 0.15) is 66.9 Å². The molecule has 3 fully saturated rings. The number of piperidine rings is 1. The fourth-order valence-electron chi connectivity index (χ4n) is 6.65. The minimum atomic E-state index is -0.504. The Morgan fingerprint density at radius 1 is 0.884 bits per heavy atom. The van der Waals surface area contributed by atoms with Gasteiger partial charge in [-0.15, -0.1) is 0 Å². The van der Waals surface area contributed by atoms with Crippen molar-refractivity contribution in [2.45, 2.75) is 96.4 Å².